The van der Waals surface area contributed by atoms with E-state index in [-0.39, 0.29) is 0 Å². The molecule has 1 aromatic rings. The number of nitrogens with one attached hydrogen (secondary N) is 1. The van der Waals surface area contributed by atoms with Gasteiger partial charge >= 0.3 is 0 Å². The Morgan fingerprint density at radius 1 is 1.19 bits per heavy atom. The highest BCUT2D eigenvalue weighted by molar-refractivity contribution is 9.10. The third kappa shape index (κ3) is 5.08. The van der Waals surface area contributed by atoms with Gasteiger partial charge in [-0.15, -0.1) is 0 Å². The molecule has 1 fully saturated rings. The molecule has 1 unspecified atom stereocenters. The Morgan fingerprint density at radius 2 is 1.86 bits per heavy atom. The van der Waals surface area contributed by atoms with E-state index in [1.165, 1.54) is 50.8 Å². The van der Waals surface area contributed by atoms with Gasteiger partial charge in [-0.3, -0.25) is 0 Å². The van der Waals surface area contributed by atoms with Crippen molar-refractivity contribution < 1.29 is 0 Å². The summed E-state index contributed by atoms with van der Waals surface area (Å²) in [6.07, 6.45) is 6.84. The van der Waals surface area contributed by atoms with Crippen molar-refractivity contribution in [2.24, 2.45) is 0 Å². The van der Waals surface area contributed by atoms with Crippen LogP contribution in [0.2, 0.25) is 0 Å². The van der Waals surface area contributed by atoms with E-state index in [9.17, 15) is 0 Å². The molecule has 0 aromatic heterocycles. The zero-order valence-corrected chi connectivity index (χ0v) is 15.0. The minimum Gasteiger partial charge on any atom is -0.310 e. The Labute approximate surface area is 138 Å². The highest BCUT2D eigenvalue weighted by Gasteiger charge is 2.22. The number of hydrogen-bond donors (Lipinski definition) is 1. The highest BCUT2D eigenvalue weighted by Crippen LogP contribution is 2.25. The van der Waals surface area contributed by atoms with E-state index in [0.29, 0.717) is 6.04 Å². The van der Waals surface area contributed by atoms with E-state index in [1.54, 1.807) is 0 Å². The van der Waals surface area contributed by atoms with Crippen molar-refractivity contribution in [3.05, 3.63) is 34.3 Å². The molecule has 1 aliphatic rings. The number of nitrogens with zero attached hydrogens (tertiary/aromatic N) is 1. The van der Waals surface area contributed by atoms with Gasteiger partial charge in [-0.2, -0.15) is 0 Å². The average Bonchev–Trinajstić information content (AvgIpc) is 3.02. The molecular weight excluding hydrogens is 324 g/mol. The third-order valence-corrected chi connectivity index (χ3v) is 5.20. The summed E-state index contributed by atoms with van der Waals surface area (Å²) in [4.78, 5) is 2.69. The molecule has 0 heterocycles. The van der Waals surface area contributed by atoms with Crippen molar-refractivity contribution in [2.45, 2.75) is 58.0 Å². The van der Waals surface area contributed by atoms with E-state index in [4.69, 9.17) is 0 Å². The molecule has 1 atom stereocenters. The van der Waals surface area contributed by atoms with Crippen LogP contribution < -0.4 is 5.32 Å². The van der Waals surface area contributed by atoms with Crippen molar-refractivity contribution in [3.8, 4) is 0 Å². The minimum absolute atomic E-state index is 0.471. The van der Waals surface area contributed by atoms with Crippen molar-refractivity contribution in [3.63, 3.8) is 0 Å². The maximum Gasteiger partial charge on any atom is 0.0332 e. The van der Waals surface area contributed by atoms with Gasteiger partial charge in [0, 0.05) is 23.1 Å². The minimum atomic E-state index is 0.471. The fraction of sp³-hybridized carbons (Fsp3) is 0.667. The van der Waals surface area contributed by atoms with E-state index in [2.05, 4.69) is 64.3 Å². The number of benzene rings is 1. The second-order valence-electron chi connectivity index (χ2n) is 6.02. The third-order valence-electron chi connectivity index (χ3n) is 4.68. The van der Waals surface area contributed by atoms with E-state index in [1.807, 2.05) is 0 Å². The van der Waals surface area contributed by atoms with Crippen molar-refractivity contribution in [1.82, 2.24) is 10.2 Å². The van der Waals surface area contributed by atoms with Crippen molar-refractivity contribution in [1.29, 1.82) is 0 Å². The molecule has 3 heteroatoms. The predicted molar refractivity (Wildman–Crippen MR) is 94.7 cm³/mol. The SMILES string of the molecule is CCNC(CCN(CC)C1CCCC1)c1ccc(Br)cc1. The van der Waals surface area contributed by atoms with Gasteiger partial charge in [-0.05, 0) is 50.0 Å². The molecule has 1 saturated carbocycles. The zero-order chi connectivity index (χ0) is 15.1. The van der Waals surface area contributed by atoms with Crippen molar-refractivity contribution >= 4 is 15.9 Å². The lowest BCUT2D eigenvalue weighted by molar-refractivity contribution is 0.198. The van der Waals surface area contributed by atoms with E-state index in [0.717, 1.165) is 17.1 Å². The Balaban J connectivity index is 1.93. The lowest BCUT2D eigenvalue weighted by atomic mass is 10.0. The maximum absolute atomic E-state index is 3.65. The molecule has 2 nitrogen and oxygen atoms in total. The molecular formula is C18H29BrN2. The van der Waals surface area contributed by atoms with Crippen LogP contribution in [0, 0.1) is 0 Å². The molecule has 21 heavy (non-hydrogen) atoms. The van der Waals surface area contributed by atoms with Gasteiger partial charge < -0.3 is 10.2 Å². The quantitative estimate of drug-likeness (QED) is 0.725. The van der Waals surface area contributed by atoms with Crippen LogP contribution in [0.5, 0.6) is 0 Å². The number of halogens is 1. The first kappa shape index (κ1) is 17.0. The Kier molecular flexibility index (Phi) is 7.21. The second-order valence-corrected chi connectivity index (χ2v) is 6.93. The largest absolute Gasteiger partial charge is 0.310 e. The molecule has 118 valence electrons. The smallest absolute Gasteiger partial charge is 0.0332 e. The Morgan fingerprint density at radius 3 is 2.43 bits per heavy atom. The second kappa shape index (κ2) is 8.92. The zero-order valence-electron chi connectivity index (χ0n) is 13.4. The highest BCUT2D eigenvalue weighted by atomic mass is 79.9. The monoisotopic (exact) mass is 352 g/mol. The Hall–Kier alpha value is -0.380. The predicted octanol–water partition coefficient (Wildman–Crippen LogP) is 4.75. The summed E-state index contributed by atoms with van der Waals surface area (Å²) in [5.41, 5.74) is 1.41. The summed E-state index contributed by atoms with van der Waals surface area (Å²) in [6, 6.07) is 10.1. The topological polar surface area (TPSA) is 15.3 Å². The summed E-state index contributed by atoms with van der Waals surface area (Å²) in [5, 5.41) is 3.65. The van der Waals surface area contributed by atoms with E-state index < -0.39 is 0 Å². The van der Waals surface area contributed by atoms with Gasteiger partial charge in [0.15, 0.2) is 0 Å². The van der Waals surface area contributed by atoms with Gasteiger partial charge in [0.2, 0.25) is 0 Å². The van der Waals surface area contributed by atoms with Crippen LogP contribution in [0.4, 0.5) is 0 Å². The van der Waals surface area contributed by atoms with Gasteiger partial charge in [0.05, 0.1) is 0 Å². The first-order valence-corrected chi connectivity index (χ1v) is 9.26. The van der Waals surface area contributed by atoms with Crippen LogP contribution in [0.3, 0.4) is 0 Å². The Bertz CT molecular complexity index is 398. The average molecular weight is 353 g/mol. The molecule has 0 bridgehead atoms. The fourth-order valence-corrected chi connectivity index (χ4v) is 3.76. The lowest BCUT2D eigenvalue weighted by Gasteiger charge is -2.29. The summed E-state index contributed by atoms with van der Waals surface area (Å²) in [7, 11) is 0. The van der Waals surface area contributed by atoms with Crippen LogP contribution in [0.15, 0.2) is 28.7 Å². The molecule has 1 N–H and O–H groups in total. The molecule has 0 radical (unpaired) electrons. The summed E-state index contributed by atoms with van der Waals surface area (Å²) in [6.45, 7) is 7.91. The normalized spacial score (nSPS) is 17.5. The molecule has 1 aromatic carbocycles. The van der Waals surface area contributed by atoms with Gasteiger partial charge in [0.25, 0.3) is 0 Å². The number of rotatable bonds is 8. The lowest BCUT2D eigenvalue weighted by Crippen LogP contribution is -2.36. The standard InChI is InChI=1S/C18H29BrN2/c1-3-20-18(15-9-11-16(19)12-10-15)13-14-21(4-2)17-7-5-6-8-17/h9-12,17-18,20H,3-8,13-14H2,1-2H3. The molecule has 0 amide bonds. The van der Waals surface area contributed by atoms with Crippen LogP contribution in [0.25, 0.3) is 0 Å². The van der Waals surface area contributed by atoms with Crippen LogP contribution in [-0.4, -0.2) is 30.6 Å². The fourth-order valence-electron chi connectivity index (χ4n) is 3.49. The summed E-state index contributed by atoms with van der Waals surface area (Å²) < 4.78 is 1.16. The number of hydrogen-bond acceptors (Lipinski definition) is 2. The van der Waals surface area contributed by atoms with Gasteiger partial charge in [-0.1, -0.05) is 54.8 Å². The van der Waals surface area contributed by atoms with E-state index >= 15 is 0 Å². The molecule has 2 rings (SSSR count). The summed E-state index contributed by atoms with van der Waals surface area (Å²) >= 11 is 3.52. The van der Waals surface area contributed by atoms with Crippen molar-refractivity contribution in [2.75, 3.05) is 19.6 Å². The van der Waals surface area contributed by atoms with Gasteiger partial charge in [-0.25, -0.2) is 0 Å². The molecule has 0 saturated heterocycles. The summed E-state index contributed by atoms with van der Waals surface area (Å²) in [5.74, 6) is 0. The van der Waals surface area contributed by atoms with Crippen LogP contribution >= 0.6 is 15.9 Å². The van der Waals surface area contributed by atoms with Crippen LogP contribution in [0.1, 0.15) is 57.6 Å². The van der Waals surface area contributed by atoms with Crippen LogP contribution in [-0.2, 0) is 0 Å². The molecule has 0 spiro atoms. The first-order valence-electron chi connectivity index (χ1n) is 8.47. The maximum atomic E-state index is 3.65. The molecule has 1 aliphatic carbocycles. The molecule has 0 aliphatic heterocycles. The van der Waals surface area contributed by atoms with Gasteiger partial charge in [0.1, 0.15) is 0 Å². The first-order chi connectivity index (χ1) is 10.2.